The monoisotopic (exact) mass is 253 g/mol. The molecular formula is C13H23N3O2. The maximum Gasteiger partial charge on any atom is 0.240 e. The average Bonchev–Trinajstić information content (AvgIpc) is 2.96. The summed E-state index contributed by atoms with van der Waals surface area (Å²) in [5.41, 5.74) is 0. The zero-order valence-electron chi connectivity index (χ0n) is 11.2. The zero-order chi connectivity index (χ0) is 13.1. The number of hydrogen-bond donors (Lipinski definition) is 2. The first kappa shape index (κ1) is 13.3. The van der Waals surface area contributed by atoms with Gasteiger partial charge in [0.15, 0.2) is 0 Å². The summed E-state index contributed by atoms with van der Waals surface area (Å²) in [6.07, 6.45) is 3.62. The van der Waals surface area contributed by atoms with E-state index in [0.29, 0.717) is 18.4 Å². The van der Waals surface area contributed by atoms with Crippen molar-refractivity contribution in [3.63, 3.8) is 0 Å². The van der Waals surface area contributed by atoms with Crippen LogP contribution in [0.1, 0.15) is 26.2 Å². The van der Waals surface area contributed by atoms with Crippen LogP contribution in [-0.2, 0) is 9.59 Å². The molecule has 2 N–H and O–H groups in total. The normalized spacial score (nSPS) is 30.0. The second-order valence-corrected chi connectivity index (χ2v) is 5.27. The highest BCUT2D eigenvalue weighted by Crippen LogP contribution is 2.38. The molecule has 18 heavy (non-hydrogen) atoms. The SMILES string of the molecule is CCN(CC(=O)NC)C(=O)C1NCC2CCCC21. The highest BCUT2D eigenvalue weighted by atomic mass is 16.2. The van der Waals surface area contributed by atoms with Gasteiger partial charge in [0.1, 0.15) is 0 Å². The Morgan fingerprint density at radius 3 is 2.83 bits per heavy atom. The van der Waals surface area contributed by atoms with E-state index in [1.807, 2.05) is 6.92 Å². The second-order valence-electron chi connectivity index (χ2n) is 5.27. The van der Waals surface area contributed by atoms with Crippen molar-refractivity contribution in [2.75, 3.05) is 26.7 Å². The van der Waals surface area contributed by atoms with Crippen LogP contribution in [0.5, 0.6) is 0 Å². The smallest absolute Gasteiger partial charge is 0.240 e. The number of amides is 2. The van der Waals surface area contributed by atoms with Gasteiger partial charge in [0, 0.05) is 13.6 Å². The molecule has 0 spiro atoms. The van der Waals surface area contributed by atoms with Gasteiger partial charge in [0.05, 0.1) is 12.6 Å². The lowest BCUT2D eigenvalue weighted by Crippen LogP contribution is -2.49. The lowest BCUT2D eigenvalue weighted by molar-refractivity contribution is -0.138. The van der Waals surface area contributed by atoms with E-state index in [4.69, 9.17) is 0 Å². The van der Waals surface area contributed by atoms with Crippen molar-refractivity contribution in [1.29, 1.82) is 0 Å². The average molecular weight is 253 g/mol. The summed E-state index contributed by atoms with van der Waals surface area (Å²) < 4.78 is 0. The van der Waals surface area contributed by atoms with Crippen molar-refractivity contribution in [3.05, 3.63) is 0 Å². The molecule has 0 aromatic rings. The Hall–Kier alpha value is -1.10. The molecule has 102 valence electrons. The number of carbonyl (C=O) groups excluding carboxylic acids is 2. The van der Waals surface area contributed by atoms with Crippen LogP contribution in [0.25, 0.3) is 0 Å². The molecule has 0 aromatic carbocycles. The summed E-state index contributed by atoms with van der Waals surface area (Å²) in [6.45, 7) is 3.63. The summed E-state index contributed by atoms with van der Waals surface area (Å²) in [5, 5.41) is 5.91. The molecule has 0 aromatic heterocycles. The molecule has 5 nitrogen and oxygen atoms in total. The Balaban J connectivity index is 1.98. The fourth-order valence-corrected chi connectivity index (χ4v) is 3.25. The van der Waals surface area contributed by atoms with Gasteiger partial charge in [-0.05, 0) is 38.1 Å². The van der Waals surface area contributed by atoms with E-state index in [2.05, 4.69) is 10.6 Å². The third-order valence-electron chi connectivity index (χ3n) is 4.32. The number of rotatable bonds is 4. The third kappa shape index (κ3) is 2.51. The molecule has 2 fully saturated rings. The van der Waals surface area contributed by atoms with Gasteiger partial charge < -0.3 is 15.5 Å². The van der Waals surface area contributed by atoms with Crippen molar-refractivity contribution in [1.82, 2.24) is 15.5 Å². The van der Waals surface area contributed by atoms with Crippen molar-refractivity contribution in [2.45, 2.75) is 32.2 Å². The van der Waals surface area contributed by atoms with Gasteiger partial charge in [-0.15, -0.1) is 0 Å². The highest BCUT2D eigenvalue weighted by molar-refractivity contribution is 5.87. The van der Waals surface area contributed by atoms with Gasteiger partial charge in [0.25, 0.3) is 0 Å². The maximum absolute atomic E-state index is 12.5. The quantitative estimate of drug-likeness (QED) is 0.739. The molecule has 1 heterocycles. The fourth-order valence-electron chi connectivity index (χ4n) is 3.25. The molecule has 1 saturated heterocycles. The Morgan fingerprint density at radius 1 is 1.39 bits per heavy atom. The number of fused-ring (bicyclic) bond motifs is 1. The highest BCUT2D eigenvalue weighted by Gasteiger charge is 2.43. The molecule has 3 unspecified atom stereocenters. The van der Waals surface area contributed by atoms with Gasteiger partial charge in [-0.25, -0.2) is 0 Å². The molecule has 2 aliphatic rings. The number of nitrogens with zero attached hydrogens (tertiary/aromatic N) is 1. The number of hydrogen-bond acceptors (Lipinski definition) is 3. The van der Waals surface area contributed by atoms with Crippen LogP contribution in [0.4, 0.5) is 0 Å². The lowest BCUT2D eigenvalue weighted by atomic mass is 9.93. The van der Waals surface area contributed by atoms with Crippen molar-refractivity contribution >= 4 is 11.8 Å². The predicted molar refractivity (Wildman–Crippen MR) is 68.9 cm³/mol. The summed E-state index contributed by atoms with van der Waals surface area (Å²) in [6, 6.07) is -0.0675. The van der Waals surface area contributed by atoms with E-state index < -0.39 is 0 Å². The van der Waals surface area contributed by atoms with E-state index in [1.165, 1.54) is 12.8 Å². The molecule has 3 atom stereocenters. The Kier molecular flexibility index (Phi) is 4.22. The van der Waals surface area contributed by atoms with Crippen LogP contribution >= 0.6 is 0 Å². The topological polar surface area (TPSA) is 61.4 Å². The van der Waals surface area contributed by atoms with Gasteiger partial charge in [-0.1, -0.05) is 6.42 Å². The van der Waals surface area contributed by atoms with Crippen LogP contribution < -0.4 is 10.6 Å². The molecular weight excluding hydrogens is 230 g/mol. The van der Waals surface area contributed by atoms with Crippen LogP contribution in [0, 0.1) is 11.8 Å². The Labute approximate surface area is 108 Å². The second kappa shape index (κ2) is 5.69. The largest absolute Gasteiger partial charge is 0.358 e. The summed E-state index contributed by atoms with van der Waals surface area (Å²) in [4.78, 5) is 25.5. The minimum Gasteiger partial charge on any atom is -0.358 e. The minimum absolute atomic E-state index is 0.0675. The first-order valence-electron chi connectivity index (χ1n) is 6.90. The molecule has 2 rings (SSSR count). The summed E-state index contributed by atoms with van der Waals surface area (Å²) in [7, 11) is 1.60. The molecule has 1 aliphatic carbocycles. The number of likely N-dealkylation sites (N-methyl/N-ethyl adjacent to an activating group) is 2. The Bertz CT molecular complexity index is 332. The molecule has 1 saturated carbocycles. The van der Waals surface area contributed by atoms with E-state index in [9.17, 15) is 9.59 Å². The number of nitrogens with one attached hydrogen (secondary N) is 2. The molecule has 0 bridgehead atoms. The van der Waals surface area contributed by atoms with Gasteiger partial charge in [-0.3, -0.25) is 9.59 Å². The molecule has 1 aliphatic heterocycles. The molecule has 2 amide bonds. The van der Waals surface area contributed by atoms with Gasteiger partial charge >= 0.3 is 0 Å². The third-order valence-corrected chi connectivity index (χ3v) is 4.32. The first-order chi connectivity index (χ1) is 8.67. The summed E-state index contributed by atoms with van der Waals surface area (Å²) in [5.74, 6) is 1.13. The maximum atomic E-state index is 12.5. The standard InChI is InChI=1S/C13H23N3O2/c1-3-16(8-11(17)14-2)13(18)12-10-6-4-5-9(10)7-15-12/h9-10,12,15H,3-8H2,1-2H3,(H,14,17). The van der Waals surface area contributed by atoms with E-state index in [0.717, 1.165) is 13.0 Å². The first-order valence-corrected chi connectivity index (χ1v) is 6.90. The van der Waals surface area contributed by atoms with Crippen LogP contribution in [-0.4, -0.2) is 49.4 Å². The van der Waals surface area contributed by atoms with Crippen LogP contribution in [0.15, 0.2) is 0 Å². The van der Waals surface area contributed by atoms with Crippen LogP contribution in [0.2, 0.25) is 0 Å². The number of carbonyl (C=O) groups is 2. The van der Waals surface area contributed by atoms with E-state index in [-0.39, 0.29) is 24.4 Å². The van der Waals surface area contributed by atoms with Crippen molar-refractivity contribution in [2.24, 2.45) is 11.8 Å². The van der Waals surface area contributed by atoms with Crippen LogP contribution in [0.3, 0.4) is 0 Å². The van der Waals surface area contributed by atoms with Crippen molar-refractivity contribution in [3.8, 4) is 0 Å². The van der Waals surface area contributed by atoms with Gasteiger partial charge in [0.2, 0.25) is 11.8 Å². The predicted octanol–water partition coefficient (Wildman–Crippen LogP) is -0.0310. The fraction of sp³-hybridized carbons (Fsp3) is 0.846. The Morgan fingerprint density at radius 2 is 2.17 bits per heavy atom. The molecule has 5 heteroatoms. The van der Waals surface area contributed by atoms with E-state index in [1.54, 1.807) is 11.9 Å². The zero-order valence-corrected chi connectivity index (χ0v) is 11.2. The van der Waals surface area contributed by atoms with Gasteiger partial charge in [-0.2, -0.15) is 0 Å². The molecule has 0 radical (unpaired) electrons. The summed E-state index contributed by atoms with van der Waals surface area (Å²) >= 11 is 0. The van der Waals surface area contributed by atoms with Crippen molar-refractivity contribution < 1.29 is 9.59 Å². The minimum atomic E-state index is -0.105. The van der Waals surface area contributed by atoms with E-state index >= 15 is 0 Å². The lowest BCUT2D eigenvalue weighted by Gasteiger charge is -2.26.